The van der Waals surface area contributed by atoms with Crippen LogP contribution in [-0.4, -0.2) is 22.4 Å². The molecule has 72 valence electrons. The van der Waals surface area contributed by atoms with Crippen LogP contribution in [0.4, 0.5) is 5.82 Å². The lowest BCUT2D eigenvalue weighted by molar-refractivity contribution is -0.144. The van der Waals surface area contributed by atoms with Crippen LogP contribution in [0.25, 0.3) is 0 Å². The summed E-state index contributed by atoms with van der Waals surface area (Å²) in [6, 6.07) is 0. The van der Waals surface area contributed by atoms with Gasteiger partial charge >= 0.3 is 5.97 Å². The van der Waals surface area contributed by atoms with Gasteiger partial charge in [0.05, 0.1) is 11.1 Å². The Bertz CT molecular complexity index is 291. The summed E-state index contributed by atoms with van der Waals surface area (Å²) < 4.78 is 6.84. The molecule has 6 heteroatoms. The van der Waals surface area contributed by atoms with E-state index in [1.165, 1.54) is 4.68 Å². The van der Waals surface area contributed by atoms with E-state index in [9.17, 15) is 4.79 Å². The molecule has 0 aliphatic carbocycles. The van der Waals surface area contributed by atoms with Crippen LogP contribution in [-0.2, 0) is 16.1 Å². The minimum Gasteiger partial charge on any atom is -0.465 e. The molecule has 0 radical (unpaired) electrons. The summed E-state index contributed by atoms with van der Waals surface area (Å²) in [6.07, 6.45) is 1.63. The van der Waals surface area contributed by atoms with Crippen molar-refractivity contribution in [2.45, 2.75) is 13.5 Å². The van der Waals surface area contributed by atoms with Crippen molar-refractivity contribution in [1.29, 1.82) is 0 Å². The Morgan fingerprint density at radius 2 is 2.54 bits per heavy atom. The lowest BCUT2D eigenvalue weighted by Gasteiger charge is -2.00. The van der Waals surface area contributed by atoms with Gasteiger partial charge in [0.25, 0.3) is 0 Å². The van der Waals surface area contributed by atoms with E-state index in [0.717, 1.165) is 0 Å². The van der Waals surface area contributed by atoms with Gasteiger partial charge in [-0.25, -0.2) is 0 Å². The summed E-state index contributed by atoms with van der Waals surface area (Å²) in [5.41, 5.74) is 5.46. The fourth-order valence-electron chi connectivity index (χ4n) is 0.832. The molecule has 0 atom stereocenters. The van der Waals surface area contributed by atoms with Crippen molar-refractivity contribution in [3.8, 4) is 0 Å². The Balaban J connectivity index is 2.59. The van der Waals surface area contributed by atoms with Gasteiger partial charge in [0, 0.05) is 6.20 Å². The largest absolute Gasteiger partial charge is 0.465 e. The number of hydrogen-bond acceptors (Lipinski definition) is 4. The SMILES string of the molecule is CCOC(=O)Cn1cc(Br)c(N)n1. The average molecular weight is 248 g/mol. The third-order valence-electron chi connectivity index (χ3n) is 1.34. The second-order valence-electron chi connectivity index (χ2n) is 2.36. The highest BCUT2D eigenvalue weighted by molar-refractivity contribution is 9.10. The Kier molecular flexibility index (Phi) is 3.30. The summed E-state index contributed by atoms with van der Waals surface area (Å²) in [5, 5.41) is 3.88. The molecule has 0 aromatic carbocycles. The number of esters is 1. The smallest absolute Gasteiger partial charge is 0.327 e. The van der Waals surface area contributed by atoms with Gasteiger partial charge in [0.2, 0.25) is 0 Å². The molecule has 1 heterocycles. The van der Waals surface area contributed by atoms with Crippen LogP contribution >= 0.6 is 15.9 Å². The number of rotatable bonds is 3. The molecule has 0 amide bonds. The molecule has 0 fully saturated rings. The normalized spacial score (nSPS) is 10.0. The minimum atomic E-state index is -0.322. The maximum Gasteiger partial charge on any atom is 0.327 e. The van der Waals surface area contributed by atoms with Crippen molar-refractivity contribution >= 4 is 27.7 Å². The summed E-state index contributed by atoms with van der Waals surface area (Å²) in [4.78, 5) is 11.0. The van der Waals surface area contributed by atoms with E-state index in [1.807, 2.05) is 0 Å². The van der Waals surface area contributed by atoms with Crippen molar-refractivity contribution in [2.75, 3.05) is 12.3 Å². The number of anilines is 1. The number of hydrogen-bond donors (Lipinski definition) is 1. The summed E-state index contributed by atoms with van der Waals surface area (Å²) in [7, 11) is 0. The molecule has 1 aromatic heterocycles. The molecule has 0 saturated carbocycles. The predicted molar refractivity (Wildman–Crippen MR) is 51.0 cm³/mol. The number of halogens is 1. The van der Waals surface area contributed by atoms with Crippen LogP contribution in [0, 0.1) is 0 Å². The number of ether oxygens (including phenoxy) is 1. The zero-order valence-electron chi connectivity index (χ0n) is 7.16. The molecular weight excluding hydrogens is 238 g/mol. The molecule has 0 aliphatic rings. The van der Waals surface area contributed by atoms with Crippen LogP contribution < -0.4 is 5.73 Å². The Labute approximate surface area is 84.0 Å². The molecule has 1 rings (SSSR count). The van der Waals surface area contributed by atoms with E-state index < -0.39 is 0 Å². The van der Waals surface area contributed by atoms with E-state index in [0.29, 0.717) is 16.9 Å². The number of aromatic nitrogens is 2. The molecule has 5 nitrogen and oxygen atoms in total. The van der Waals surface area contributed by atoms with Gasteiger partial charge in [0.1, 0.15) is 6.54 Å². The van der Waals surface area contributed by atoms with E-state index in [1.54, 1.807) is 13.1 Å². The van der Waals surface area contributed by atoms with Gasteiger partial charge in [-0.05, 0) is 22.9 Å². The second-order valence-corrected chi connectivity index (χ2v) is 3.22. The van der Waals surface area contributed by atoms with Gasteiger partial charge in [-0.1, -0.05) is 0 Å². The molecule has 13 heavy (non-hydrogen) atoms. The van der Waals surface area contributed by atoms with Gasteiger partial charge in [-0.3, -0.25) is 9.48 Å². The molecule has 0 saturated heterocycles. The molecule has 1 aromatic rings. The predicted octanol–water partition coefficient (Wildman–Crippen LogP) is 0.791. The molecule has 0 bridgehead atoms. The van der Waals surface area contributed by atoms with Crippen LogP contribution in [0.1, 0.15) is 6.92 Å². The topological polar surface area (TPSA) is 70.1 Å². The summed E-state index contributed by atoms with van der Waals surface area (Å²) in [5.74, 6) is 0.0433. The summed E-state index contributed by atoms with van der Waals surface area (Å²) in [6.45, 7) is 2.21. The number of nitrogen functional groups attached to an aromatic ring is 1. The molecule has 0 spiro atoms. The first kappa shape index (κ1) is 10.0. The maximum atomic E-state index is 11.0. The van der Waals surface area contributed by atoms with Crippen LogP contribution in [0.5, 0.6) is 0 Å². The first-order valence-corrected chi connectivity index (χ1v) is 4.56. The van der Waals surface area contributed by atoms with Gasteiger partial charge in [-0.15, -0.1) is 0 Å². The van der Waals surface area contributed by atoms with Crippen LogP contribution in [0.3, 0.4) is 0 Å². The first-order chi connectivity index (χ1) is 6.13. The van der Waals surface area contributed by atoms with Crippen molar-refractivity contribution in [2.24, 2.45) is 0 Å². The third kappa shape index (κ3) is 2.73. The quantitative estimate of drug-likeness (QED) is 0.803. The number of nitrogens with two attached hydrogens (primary N) is 1. The summed E-state index contributed by atoms with van der Waals surface area (Å²) >= 11 is 3.18. The Morgan fingerprint density at radius 1 is 1.85 bits per heavy atom. The molecule has 0 unspecified atom stereocenters. The highest BCUT2D eigenvalue weighted by Crippen LogP contribution is 2.15. The average Bonchev–Trinajstić information content (AvgIpc) is 2.31. The fourth-order valence-corrected chi connectivity index (χ4v) is 1.15. The Morgan fingerprint density at radius 3 is 3.00 bits per heavy atom. The highest BCUT2D eigenvalue weighted by Gasteiger charge is 2.06. The number of carbonyl (C=O) groups excluding carboxylic acids is 1. The third-order valence-corrected chi connectivity index (χ3v) is 1.95. The van der Waals surface area contributed by atoms with Crippen LogP contribution in [0.15, 0.2) is 10.7 Å². The van der Waals surface area contributed by atoms with E-state index in [-0.39, 0.29) is 12.5 Å². The monoisotopic (exact) mass is 247 g/mol. The minimum absolute atomic E-state index is 0.0869. The molecule has 2 N–H and O–H groups in total. The van der Waals surface area contributed by atoms with Crippen molar-refractivity contribution < 1.29 is 9.53 Å². The second kappa shape index (κ2) is 4.27. The lowest BCUT2D eigenvalue weighted by atomic mass is 10.6. The lowest BCUT2D eigenvalue weighted by Crippen LogP contribution is -2.13. The van der Waals surface area contributed by atoms with E-state index >= 15 is 0 Å². The van der Waals surface area contributed by atoms with Crippen molar-refractivity contribution in [1.82, 2.24) is 9.78 Å². The van der Waals surface area contributed by atoms with E-state index in [4.69, 9.17) is 10.5 Å². The first-order valence-electron chi connectivity index (χ1n) is 3.77. The van der Waals surface area contributed by atoms with Crippen molar-refractivity contribution in [3.05, 3.63) is 10.7 Å². The van der Waals surface area contributed by atoms with Gasteiger partial charge < -0.3 is 10.5 Å². The highest BCUT2D eigenvalue weighted by atomic mass is 79.9. The number of nitrogens with zero attached hydrogens (tertiary/aromatic N) is 2. The Hall–Kier alpha value is -1.04. The number of carbonyl (C=O) groups is 1. The zero-order valence-corrected chi connectivity index (χ0v) is 8.74. The molecular formula is C7H10BrN3O2. The van der Waals surface area contributed by atoms with Gasteiger partial charge in [-0.2, -0.15) is 5.10 Å². The molecule has 0 aliphatic heterocycles. The van der Waals surface area contributed by atoms with Crippen molar-refractivity contribution in [3.63, 3.8) is 0 Å². The van der Waals surface area contributed by atoms with E-state index in [2.05, 4.69) is 21.0 Å². The fraction of sp³-hybridized carbons (Fsp3) is 0.429. The standard InChI is InChI=1S/C7H10BrN3O2/c1-2-13-6(12)4-11-3-5(8)7(9)10-11/h3H,2,4H2,1H3,(H2,9,10). The zero-order chi connectivity index (χ0) is 9.84. The van der Waals surface area contributed by atoms with Crippen LogP contribution in [0.2, 0.25) is 0 Å². The maximum absolute atomic E-state index is 11.0. The van der Waals surface area contributed by atoms with Gasteiger partial charge in [0.15, 0.2) is 5.82 Å².